The largest absolute Gasteiger partial charge is 0.501 e. The molecule has 0 saturated carbocycles. The van der Waals surface area contributed by atoms with Crippen molar-refractivity contribution in [3.8, 4) is 0 Å². The number of H-pyrrole nitrogens is 1. The fraction of sp³-hybridized carbons (Fsp3) is 0.452. The Labute approximate surface area is 516 Å². The van der Waals surface area contributed by atoms with Crippen molar-refractivity contribution >= 4 is 77.9 Å². The number of alkyl halides is 3. The normalized spacial score (nSPS) is 20.7. The number of carbonyl (C=O) groups is 3. The summed E-state index contributed by atoms with van der Waals surface area (Å²) in [5.74, 6) is -1.46. The summed E-state index contributed by atoms with van der Waals surface area (Å²) < 4.78 is 105. The van der Waals surface area contributed by atoms with E-state index in [0.717, 1.165) is 111 Å². The zero-order valence-electron chi connectivity index (χ0n) is 48.6. The summed E-state index contributed by atoms with van der Waals surface area (Å²) in [5, 5.41) is 17.0. The zero-order chi connectivity index (χ0) is 61.5. The van der Waals surface area contributed by atoms with Gasteiger partial charge in [0.25, 0.3) is 31.7 Å². The van der Waals surface area contributed by atoms with Crippen molar-refractivity contribution in [2.75, 3.05) is 101 Å². The van der Waals surface area contributed by atoms with E-state index in [1.807, 2.05) is 47.2 Å². The van der Waals surface area contributed by atoms with Crippen LogP contribution in [0.15, 0.2) is 130 Å². The number of aromatic amines is 1. The molecule has 10 rings (SSSR count). The van der Waals surface area contributed by atoms with Gasteiger partial charge in [0.05, 0.1) is 23.1 Å². The van der Waals surface area contributed by atoms with Gasteiger partial charge in [0.1, 0.15) is 4.90 Å². The maximum Gasteiger partial charge on any atom is 0.501 e. The molecular formula is C62H74ClF3N10O8S3. The highest BCUT2D eigenvalue weighted by atomic mass is 35.5. The third kappa shape index (κ3) is 16.0. The number of hydrogen-bond donors (Lipinski definition) is 5. The number of aromatic nitrogens is 2. The molecule has 5 heterocycles. The van der Waals surface area contributed by atoms with Gasteiger partial charge < -0.3 is 30.5 Å². The number of piperazine rings is 1. The Hall–Kier alpha value is -6.25. The van der Waals surface area contributed by atoms with Crippen molar-refractivity contribution in [3.63, 3.8) is 0 Å². The molecule has 3 amide bonds. The Morgan fingerprint density at radius 1 is 0.885 bits per heavy atom. The van der Waals surface area contributed by atoms with Crippen molar-refractivity contribution in [1.82, 2.24) is 40.3 Å². The van der Waals surface area contributed by atoms with E-state index in [-0.39, 0.29) is 35.3 Å². The molecule has 4 aliphatic heterocycles. The number of nitrogens with zero attached hydrogens (tertiary/aromatic N) is 5. The van der Waals surface area contributed by atoms with E-state index in [4.69, 9.17) is 16.3 Å². The number of benzene rings is 4. The molecule has 5 N–H and O–H groups in total. The number of allylic oxidation sites excluding steroid dienone is 2. The van der Waals surface area contributed by atoms with Crippen molar-refractivity contribution in [1.29, 1.82) is 0 Å². The van der Waals surface area contributed by atoms with Crippen LogP contribution in [-0.4, -0.2) is 162 Å². The highest BCUT2D eigenvalue weighted by Gasteiger charge is 2.49. The van der Waals surface area contributed by atoms with Crippen LogP contribution >= 0.6 is 23.4 Å². The summed E-state index contributed by atoms with van der Waals surface area (Å²) in [6.07, 6.45) is 5.98. The fourth-order valence-electron chi connectivity index (χ4n) is 12.2. The fourth-order valence-corrected chi connectivity index (χ4v) is 15.4. The molecule has 18 nitrogen and oxygen atoms in total. The van der Waals surface area contributed by atoms with Crippen LogP contribution in [-0.2, 0) is 42.4 Å². The Bertz CT molecular complexity index is 3560. The average Bonchev–Trinajstić information content (AvgIpc) is 1.25. The standard InChI is InChI=1S/C62H74ClF3N10O8S3/c1-42-9-10-45(58(77)68-42)37-67-60(79)57-53-39-75(27-23-54(53)70-71-57)41-61(2)24-21-52(43-11-15-47(63)16-12-43)46(36-61)38-74-28-30-76(31-29-74)49-17-13-44(14-18-49)59(78)72-87(82,83)51-19-20-55(56(35-51)86(80,81)62(64,65)66)69-48(40-85-50-7-4-3-5-8-50)22-26-73-25-6-33-84-34-32-73/h3-5,7-8,11-20,35,45,48,69H,1,6,9-10,21-34,36-41H2,2H3,(H,67,79)(H,68,77)(H,70,71)(H,72,78)/t45-,48+,61+/m0/s1. The number of ether oxygens (including phenoxy) is 1. The van der Waals surface area contributed by atoms with Crippen LogP contribution in [0.5, 0.6) is 0 Å². The van der Waals surface area contributed by atoms with Gasteiger partial charge in [0.15, 0.2) is 5.69 Å². The average molecular weight is 1280 g/mol. The van der Waals surface area contributed by atoms with Crippen LogP contribution in [0, 0.1) is 11.3 Å². The molecule has 1 aliphatic carbocycles. The predicted molar refractivity (Wildman–Crippen MR) is 331 cm³/mol. The number of sulfonamides is 1. The molecule has 0 radical (unpaired) electrons. The summed E-state index contributed by atoms with van der Waals surface area (Å²) >= 11 is 7.81. The summed E-state index contributed by atoms with van der Waals surface area (Å²) in [5.41, 5.74) is 1.24. The van der Waals surface area contributed by atoms with Crippen molar-refractivity contribution in [2.45, 2.75) is 91.1 Å². The third-order valence-corrected chi connectivity index (χ3v) is 21.4. The number of thioether (sulfide) groups is 1. The molecule has 0 bridgehead atoms. The number of hydrogen-bond acceptors (Lipinski definition) is 15. The molecule has 87 heavy (non-hydrogen) atoms. The second-order valence-electron chi connectivity index (χ2n) is 23.5. The molecule has 3 saturated heterocycles. The molecule has 3 atom stereocenters. The van der Waals surface area contributed by atoms with E-state index in [2.05, 4.69) is 71.4 Å². The Balaban J connectivity index is 0.768. The van der Waals surface area contributed by atoms with Crippen molar-refractivity contribution in [3.05, 3.63) is 148 Å². The number of halogens is 4. The first-order valence-corrected chi connectivity index (χ1v) is 33.8. The molecule has 3 fully saturated rings. The minimum atomic E-state index is -6.10. The molecule has 0 spiro atoms. The van der Waals surface area contributed by atoms with E-state index in [0.29, 0.717) is 93.4 Å². The van der Waals surface area contributed by atoms with Gasteiger partial charge in [-0.05, 0) is 128 Å². The van der Waals surface area contributed by atoms with Gasteiger partial charge in [0.2, 0.25) is 5.91 Å². The second kappa shape index (κ2) is 27.6. The van der Waals surface area contributed by atoms with E-state index < -0.39 is 52.8 Å². The number of anilines is 2. The quantitative estimate of drug-likeness (QED) is 0.0434. The lowest BCUT2D eigenvalue weighted by molar-refractivity contribution is -0.125. The van der Waals surface area contributed by atoms with Crippen LogP contribution in [0.2, 0.25) is 5.02 Å². The number of carbonyl (C=O) groups excluding carboxylic acids is 3. The first-order valence-electron chi connectivity index (χ1n) is 29.5. The smallest absolute Gasteiger partial charge is 0.380 e. The summed E-state index contributed by atoms with van der Waals surface area (Å²) in [4.78, 5) is 47.6. The lowest BCUT2D eigenvalue weighted by atomic mass is 9.71. The molecule has 4 aromatic carbocycles. The van der Waals surface area contributed by atoms with Gasteiger partial charge in [-0.3, -0.25) is 29.3 Å². The van der Waals surface area contributed by atoms with E-state index in [1.165, 1.54) is 35.0 Å². The first kappa shape index (κ1) is 63.8. The molecular weight excluding hydrogens is 1200 g/mol. The van der Waals surface area contributed by atoms with Gasteiger partial charge in [-0.25, -0.2) is 21.6 Å². The third-order valence-electron chi connectivity index (χ3n) is 17.1. The monoisotopic (exact) mass is 1270 g/mol. The second-order valence-corrected chi connectivity index (χ2v) is 28.6. The Morgan fingerprint density at radius 2 is 1.64 bits per heavy atom. The van der Waals surface area contributed by atoms with E-state index in [1.54, 1.807) is 12.1 Å². The number of sulfone groups is 1. The topological polar surface area (TPSA) is 218 Å². The van der Waals surface area contributed by atoms with Gasteiger partial charge in [-0.2, -0.15) is 18.3 Å². The Morgan fingerprint density at radius 3 is 2.38 bits per heavy atom. The number of fused-ring (bicyclic) bond motifs is 1. The summed E-state index contributed by atoms with van der Waals surface area (Å²) in [6.45, 7) is 15.3. The minimum absolute atomic E-state index is 0.0335. The predicted octanol–water partition coefficient (Wildman–Crippen LogP) is 8.75. The van der Waals surface area contributed by atoms with Crippen LogP contribution in [0.1, 0.15) is 89.5 Å². The van der Waals surface area contributed by atoms with Crippen LogP contribution < -0.4 is 25.6 Å². The highest BCUT2D eigenvalue weighted by molar-refractivity contribution is 7.99. The highest BCUT2D eigenvalue weighted by Crippen LogP contribution is 2.45. The SMILES string of the molecule is C=C1CC[C@@H](CNC(=O)c2n[nH]c3c2CN(C[C@]2(C)CCC(c4ccc(Cl)cc4)=C(CN4CCN(c5ccc(C(=O)NS(=O)(=O)c6ccc(N[C@H](CCN7CCCOCC7)CSc7ccccc7)c(S(=O)(=O)C(F)(F)F)c6)cc5)CC4)C2)CC3)C(=O)N1. The molecule has 466 valence electrons. The maximum atomic E-state index is 14.4. The molecule has 1 aromatic heterocycles. The molecule has 0 unspecified atom stereocenters. The maximum absolute atomic E-state index is 14.4. The first-order chi connectivity index (χ1) is 41.6. The number of amides is 3. The van der Waals surface area contributed by atoms with Crippen LogP contribution in [0.25, 0.3) is 5.57 Å². The van der Waals surface area contributed by atoms with E-state index in [9.17, 15) is 44.4 Å². The molecule has 25 heteroatoms. The lowest BCUT2D eigenvalue weighted by Crippen LogP contribution is -2.47. The van der Waals surface area contributed by atoms with Crippen LogP contribution in [0.3, 0.4) is 0 Å². The Kier molecular flexibility index (Phi) is 20.3. The van der Waals surface area contributed by atoms with Crippen molar-refractivity contribution in [2.24, 2.45) is 11.3 Å². The zero-order valence-corrected chi connectivity index (χ0v) is 51.8. The molecule has 5 aliphatic rings. The number of piperidine rings is 1. The van der Waals surface area contributed by atoms with Gasteiger partial charge in [-0.15, -0.1) is 11.8 Å². The summed E-state index contributed by atoms with van der Waals surface area (Å²) in [6, 6.07) is 25.6. The van der Waals surface area contributed by atoms with Crippen molar-refractivity contribution < 1.29 is 49.1 Å². The van der Waals surface area contributed by atoms with Gasteiger partial charge in [-0.1, -0.05) is 61.0 Å². The molecule has 5 aromatic rings. The summed E-state index contributed by atoms with van der Waals surface area (Å²) in [7, 11) is -11.0. The lowest BCUT2D eigenvalue weighted by Gasteiger charge is -2.43. The van der Waals surface area contributed by atoms with Crippen LogP contribution in [0.4, 0.5) is 24.5 Å². The van der Waals surface area contributed by atoms with Gasteiger partial charge in [0, 0.05) is 141 Å². The van der Waals surface area contributed by atoms with E-state index >= 15 is 0 Å². The van der Waals surface area contributed by atoms with Gasteiger partial charge >= 0.3 is 5.51 Å². The minimum Gasteiger partial charge on any atom is -0.380 e. The number of nitrogens with one attached hydrogen (secondary N) is 5. The number of rotatable bonds is 21.